The van der Waals surface area contributed by atoms with E-state index in [1.54, 1.807) is 0 Å². The Kier molecular flexibility index (Phi) is 7.47. The van der Waals surface area contributed by atoms with E-state index in [0.29, 0.717) is 24.7 Å². The van der Waals surface area contributed by atoms with Crippen molar-refractivity contribution in [2.24, 2.45) is 0 Å². The van der Waals surface area contributed by atoms with Gasteiger partial charge in [-0.15, -0.1) is 0 Å². The minimum Gasteiger partial charge on any atom is -0.313 e. The van der Waals surface area contributed by atoms with Gasteiger partial charge < -0.3 is 5.32 Å². The van der Waals surface area contributed by atoms with E-state index >= 15 is 0 Å². The molecule has 0 atom stereocenters. The average Bonchev–Trinajstić information content (AvgIpc) is 2.36. The molecule has 0 aliphatic heterocycles. The number of hydrogen-bond acceptors (Lipinski definition) is 3. The maximum atomic E-state index is 11.4. The lowest BCUT2D eigenvalue weighted by Gasteiger charge is -2.17. The van der Waals surface area contributed by atoms with Crippen molar-refractivity contribution < 1.29 is 8.42 Å². The van der Waals surface area contributed by atoms with Gasteiger partial charge in [0.1, 0.15) is 0 Å². The van der Waals surface area contributed by atoms with E-state index in [0.717, 1.165) is 23.0 Å². The largest absolute Gasteiger partial charge is 0.313 e. The molecule has 0 bridgehead atoms. The lowest BCUT2D eigenvalue weighted by molar-refractivity contribution is 0.419. The van der Waals surface area contributed by atoms with Crippen LogP contribution in [-0.2, 0) is 16.6 Å². The number of sulfonamides is 1. The quantitative estimate of drug-likeness (QED) is 0.702. The molecule has 0 radical (unpaired) electrons. The smallest absolute Gasteiger partial charge is 0.211 e. The van der Waals surface area contributed by atoms with Gasteiger partial charge in [0.25, 0.3) is 0 Å². The van der Waals surface area contributed by atoms with Crippen molar-refractivity contribution in [1.82, 2.24) is 9.62 Å². The molecule has 0 saturated heterocycles. The summed E-state index contributed by atoms with van der Waals surface area (Å²) in [5.74, 6) is 0. The molecule has 0 amide bonds. The van der Waals surface area contributed by atoms with E-state index in [1.807, 2.05) is 25.1 Å². The molecule has 0 heterocycles. The molecule has 1 aromatic rings. The van der Waals surface area contributed by atoms with Crippen LogP contribution in [0.5, 0.6) is 0 Å². The summed E-state index contributed by atoms with van der Waals surface area (Å²) in [6.45, 7) is 4.35. The van der Waals surface area contributed by atoms with Gasteiger partial charge in [-0.25, -0.2) is 12.7 Å². The van der Waals surface area contributed by atoms with E-state index in [1.165, 1.54) is 10.6 Å². The van der Waals surface area contributed by atoms with Crippen LogP contribution in [0, 0.1) is 0 Å². The first kappa shape index (κ1) is 17.9. The third kappa shape index (κ3) is 6.10. The second-order valence-corrected chi connectivity index (χ2v) is 7.79. The number of rotatable bonds is 8. The van der Waals surface area contributed by atoms with Crippen LogP contribution in [0.3, 0.4) is 0 Å². The molecule has 1 rings (SSSR count). The highest BCUT2D eigenvalue weighted by Gasteiger charge is 2.12. The van der Waals surface area contributed by atoms with Crippen molar-refractivity contribution in [1.29, 1.82) is 0 Å². The molecule has 114 valence electrons. The second kappa shape index (κ2) is 8.34. The van der Waals surface area contributed by atoms with Crippen molar-refractivity contribution >= 4 is 37.6 Å². The molecule has 0 aromatic heterocycles. The molecule has 0 aliphatic rings. The third-order valence-corrected chi connectivity index (χ3v) is 5.29. The van der Waals surface area contributed by atoms with Crippen LogP contribution in [0.1, 0.15) is 18.9 Å². The van der Waals surface area contributed by atoms with Gasteiger partial charge in [0.05, 0.1) is 6.26 Å². The Morgan fingerprint density at radius 3 is 2.70 bits per heavy atom. The van der Waals surface area contributed by atoms with E-state index < -0.39 is 10.0 Å². The van der Waals surface area contributed by atoms with Crippen molar-refractivity contribution in [2.75, 3.05) is 25.9 Å². The van der Waals surface area contributed by atoms with Gasteiger partial charge in [-0.3, -0.25) is 0 Å². The topological polar surface area (TPSA) is 49.4 Å². The summed E-state index contributed by atoms with van der Waals surface area (Å²) < 4.78 is 25.3. The summed E-state index contributed by atoms with van der Waals surface area (Å²) in [5, 5.41) is 4.00. The zero-order valence-corrected chi connectivity index (χ0v) is 14.9. The van der Waals surface area contributed by atoms with Crippen LogP contribution in [0.4, 0.5) is 0 Å². The lowest BCUT2D eigenvalue weighted by Crippen LogP contribution is -2.32. The molecule has 0 unspecified atom stereocenters. The van der Waals surface area contributed by atoms with E-state index in [2.05, 4.69) is 21.2 Å². The molecular formula is C13H20BrClN2O2S. The van der Waals surface area contributed by atoms with E-state index in [4.69, 9.17) is 11.6 Å². The Morgan fingerprint density at radius 2 is 2.10 bits per heavy atom. The van der Waals surface area contributed by atoms with Gasteiger partial charge >= 0.3 is 0 Å². The fraction of sp³-hybridized carbons (Fsp3) is 0.538. The predicted octanol–water partition coefficient (Wildman–Crippen LogP) is 2.86. The summed E-state index contributed by atoms with van der Waals surface area (Å²) in [7, 11) is -3.09. The lowest BCUT2D eigenvalue weighted by atomic mass is 10.2. The first-order valence-corrected chi connectivity index (χ1v) is 9.46. The normalized spacial score (nSPS) is 12.1. The van der Waals surface area contributed by atoms with Crippen LogP contribution in [0.2, 0.25) is 5.02 Å². The van der Waals surface area contributed by atoms with E-state index in [-0.39, 0.29) is 0 Å². The number of hydrogen-bond donors (Lipinski definition) is 1. The van der Waals surface area contributed by atoms with Crippen LogP contribution in [-0.4, -0.2) is 38.6 Å². The molecule has 4 nitrogen and oxygen atoms in total. The summed E-state index contributed by atoms with van der Waals surface area (Å²) in [4.78, 5) is 0. The summed E-state index contributed by atoms with van der Waals surface area (Å²) in [6.07, 6.45) is 2.02. The Balaban J connectivity index is 2.34. The minimum atomic E-state index is -3.09. The van der Waals surface area contributed by atoms with Crippen molar-refractivity contribution in [3.05, 3.63) is 33.3 Å². The van der Waals surface area contributed by atoms with Crippen LogP contribution in [0.15, 0.2) is 22.7 Å². The van der Waals surface area contributed by atoms with Crippen LogP contribution in [0.25, 0.3) is 0 Å². The number of benzene rings is 1. The van der Waals surface area contributed by atoms with Gasteiger partial charge in [0, 0.05) is 29.1 Å². The fourth-order valence-corrected chi connectivity index (χ4v) is 3.35. The van der Waals surface area contributed by atoms with Crippen molar-refractivity contribution in [3.8, 4) is 0 Å². The molecular weight excluding hydrogens is 364 g/mol. The average molecular weight is 384 g/mol. The second-order valence-electron chi connectivity index (χ2n) is 4.52. The molecule has 0 saturated carbocycles. The molecule has 0 fully saturated rings. The Morgan fingerprint density at radius 1 is 1.40 bits per heavy atom. The van der Waals surface area contributed by atoms with Gasteiger partial charge in [-0.2, -0.15) is 0 Å². The van der Waals surface area contributed by atoms with Gasteiger partial charge in [0.15, 0.2) is 0 Å². The van der Waals surface area contributed by atoms with Crippen LogP contribution < -0.4 is 5.32 Å². The third-order valence-electron chi connectivity index (χ3n) is 2.91. The minimum absolute atomic E-state index is 0.513. The predicted molar refractivity (Wildman–Crippen MR) is 87.6 cm³/mol. The summed E-state index contributed by atoms with van der Waals surface area (Å²) >= 11 is 9.42. The SMILES string of the molecule is CCN(CCCNCc1cc(Cl)ccc1Br)S(C)(=O)=O. The van der Waals surface area contributed by atoms with E-state index in [9.17, 15) is 8.42 Å². The Bertz CT molecular complexity index is 537. The molecule has 0 aliphatic carbocycles. The van der Waals surface area contributed by atoms with Gasteiger partial charge in [-0.05, 0) is 36.7 Å². The van der Waals surface area contributed by atoms with Crippen LogP contribution >= 0.6 is 27.5 Å². The van der Waals surface area contributed by atoms with Gasteiger partial charge in [-0.1, -0.05) is 34.5 Å². The first-order valence-electron chi connectivity index (χ1n) is 6.44. The van der Waals surface area contributed by atoms with Crippen molar-refractivity contribution in [2.45, 2.75) is 19.9 Å². The molecule has 1 aromatic carbocycles. The van der Waals surface area contributed by atoms with Gasteiger partial charge in [0.2, 0.25) is 10.0 Å². The zero-order valence-electron chi connectivity index (χ0n) is 11.7. The zero-order chi connectivity index (χ0) is 15.2. The standard InChI is InChI=1S/C13H20BrClN2O2S/c1-3-17(20(2,18)19)8-4-7-16-10-11-9-12(15)5-6-13(11)14/h5-6,9,16H,3-4,7-8,10H2,1-2H3. The number of nitrogens with zero attached hydrogens (tertiary/aromatic N) is 1. The molecule has 0 spiro atoms. The summed E-state index contributed by atoms with van der Waals surface area (Å²) in [5.41, 5.74) is 1.09. The summed E-state index contributed by atoms with van der Waals surface area (Å²) in [6, 6.07) is 5.66. The maximum Gasteiger partial charge on any atom is 0.211 e. The fourth-order valence-electron chi connectivity index (χ4n) is 1.84. The maximum absolute atomic E-state index is 11.4. The highest BCUT2D eigenvalue weighted by Crippen LogP contribution is 2.20. The molecule has 20 heavy (non-hydrogen) atoms. The Labute approximate surface area is 134 Å². The van der Waals surface area contributed by atoms with Crippen molar-refractivity contribution in [3.63, 3.8) is 0 Å². The molecule has 7 heteroatoms. The number of halogens is 2. The first-order chi connectivity index (χ1) is 9.34. The highest BCUT2D eigenvalue weighted by atomic mass is 79.9. The molecule has 1 N–H and O–H groups in total. The Hall–Kier alpha value is -0.140. The monoisotopic (exact) mass is 382 g/mol. The highest BCUT2D eigenvalue weighted by molar-refractivity contribution is 9.10. The number of nitrogens with one attached hydrogen (secondary N) is 1.